The van der Waals surface area contributed by atoms with Gasteiger partial charge in [-0.3, -0.25) is 10.1 Å². The number of ether oxygens (including phenoxy) is 1. The SMILES string of the molecule is O=[N+]([O-])c1c(OC(F)(F)F)ncc(I)c1CCl. The van der Waals surface area contributed by atoms with Crippen LogP contribution in [-0.2, 0) is 5.88 Å². The van der Waals surface area contributed by atoms with E-state index in [4.69, 9.17) is 11.6 Å². The summed E-state index contributed by atoms with van der Waals surface area (Å²) in [7, 11) is 0. The van der Waals surface area contributed by atoms with Crippen LogP contribution < -0.4 is 4.74 Å². The van der Waals surface area contributed by atoms with Crippen LogP contribution in [0, 0.1) is 13.7 Å². The molecule has 0 bridgehead atoms. The van der Waals surface area contributed by atoms with E-state index in [0.29, 0.717) is 3.57 Å². The molecule has 1 heterocycles. The minimum Gasteiger partial charge on any atom is -0.381 e. The topological polar surface area (TPSA) is 65.3 Å². The van der Waals surface area contributed by atoms with Crippen LogP contribution in [0.2, 0.25) is 0 Å². The second-order valence-electron chi connectivity index (χ2n) is 2.68. The van der Waals surface area contributed by atoms with Gasteiger partial charge >= 0.3 is 17.9 Å². The van der Waals surface area contributed by atoms with Crippen LogP contribution in [0.25, 0.3) is 0 Å². The van der Waals surface area contributed by atoms with Crippen molar-refractivity contribution in [2.24, 2.45) is 0 Å². The fourth-order valence-electron chi connectivity index (χ4n) is 0.996. The van der Waals surface area contributed by atoms with Crippen LogP contribution in [0.5, 0.6) is 5.88 Å². The highest BCUT2D eigenvalue weighted by molar-refractivity contribution is 14.1. The molecular formula is C7H3ClF3IN2O3. The lowest BCUT2D eigenvalue weighted by molar-refractivity contribution is -0.389. The fraction of sp³-hybridized carbons (Fsp3) is 0.286. The maximum absolute atomic E-state index is 12.0. The van der Waals surface area contributed by atoms with Crippen molar-refractivity contribution in [1.29, 1.82) is 0 Å². The third kappa shape index (κ3) is 3.56. The molecule has 0 N–H and O–H groups in total. The molecule has 0 radical (unpaired) electrons. The van der Waals surface area contributed by atoms with E-state index < -0.39 is 22.9 Å². The van der Waals surface area contributed by atoms with E-state index >= 15 is 0 Å². The number of halogens is 5. The normalized spacial score (nSPS) is 11.4. The van der Waals surface area contributed by atoms with E-state index in [9.17, 15) is 23.3 Å². The van der Waals surface area contributed by atoms with E-state index in [2.05, 4.69) is 9.72 Å². The van der Waals surface area contributed by atoms with Gasteiger partial charge in [0, 0.05) is 9.77 Å². The van der Waals surface area contributed by atoms with Crippen molar-refractivity contribution in [3.63, 3.8) is 0 Å². The van der Waals surface area contributed by atoms with Crippen molar-refractivity contribution < 1.29 is 22.8 Å². The first kappa shape index (κ1) is 14.2. The Labute approximate surface area is 111 Å². The zero-order valence-electron chi connectivity index (χ0n) is 7.79. The molecule has 0 aromatic carbocycles. The first-order chi connectivity index (χ1) is 7.76. The predicted octanol–water partition coefficient (Wildman–Crippen LogP) is 3.23. The number of aromatic nitrogens is 1. The van der Waals surface area contributed by atoms with Crippen LogP contribution in [0.3, 0.4) is 0 Å². The summed E-state index contributed by atoms with van der Waals surface area (Å²) in [5.41, 5.74) is -0.934. The number of nitrogens with zero attached hydrogens (tertiary/aromatic N) is 2. The summed E-state index contributed by atoms with van der Waals surface area (Å²) < 4.78 is 39.8. The lowest BCUT2D eigenvalue weighted by Gasteiger charge is -2.10. The molecule has 94 valence electrons. The number of alkyl halides is 4. The van der Waals surface area contributed by atoms with Crippen LogP contribution in [-0.4, -0.2) is 16.3 Å². The van der Waals surface area contributed by atoms with Gasteiger partial charge in [0.05, 0.1) is 16.4 Å². The number of pyridine rings is 1. The maximum Gasteiger partial charge on any atom is 0.574 e. The minimum absolute atomic E-state index is 0.0634. The summed E-state index contributed by atoms with van der Waals surface area (Å²) in [5, 5.41) is 10.7. The molecule has 0 fully saturated rings. The van der Waals surface area contributed by atoms with Gasteiger partial charge in [0.25, 0.3) is 0 Å². The quantitative estimate of drug-likeness (QED) is 0.348. The number of nitro groups is 1. The standard InChI is InChI=1S/C7H3ClF3IN2O3/c8-1-3-4(12)2-13-6(5(3)14(15)16)17-7(9,10)11/h2H,1H2. The molecule has 1 aromatic heterocycles. The molecule has 0 saturated carbocycles. The summed E-state index contributed by atoms with van der Waals surface area (Å²) in [6, 6.07) is 0. The van der Waals surface area contributed by atoms with Gasteiger partial charge < -0.3 is 4.74 Å². The molecule has 0 aliphatic rings. The minimum atomic E-state index is -5.05. The van der Waals surface area contributed by atoms with Gasteiger partial charge in [0.1, 0.15) is 0 Å². The first-order valence-corrected chi connectivity index (χ1v) is 5.51. The largest absolute Gasteiger partial charge is 0.574 e. The Balaban J connectivity index is 3.36. The average Bonchev–Trinajstić information content (AvgIpc) is 2.17. The van der Waals surface area contributed by atoms with Gasteiger partial charge in [0.2, 0.25) is 0 Å². The zero-order chi connectivity index (χ0) is 13.2. The highest BCUT2D eigenvalue weighted by atomic mass is 127. The van der Waals surface area contributed by atoms with Gasteiger partial charge in [-0.25, -0.2) is 4.98 Å². The molecule has 17 heavy (non-hydrogen) atoms. The summed E-state index contributed by atoms with van der Waals surface area (Å²) in [5.74, 6) is -1.43. The molecule has 5 nitrogen and oxygen atoms in total. The van der Waals surface area contributed by atoms with Crippen LogP contribution in [0.4, 0.5) is 18.9 Å². The Bertz CT molecular complexity index is 455. The molecule has 0 spiro atoms. The average molecular weight is 382 g/mol. The highest BCUT2D eigenvalue weighted by Gasteiger charge is 2.37. The van der Waals surface area contributed by atoms with E-state index in [1.54, 1.807) is 22.6 Å². The van der Waals surface area contributed by atoms with Crippen LogP contribution >= 0.6 is 34.2 Å². The number of rotatable bonds is 3. The van der Waals surface area contributed by atoms with E-state index in [1.165, 1.54) is 0 Å². The van der Waals surface area contributed by atoms with Gasteiger partial charge in [-0.05, 0) is 22.6 Å². The summed E-state index contributed by atoms with van der Waals surface area (Å²) in [4.78, 5) is 12.9. The molecule has 1 rings (SSSR count). The van der Waals surface area contributed by atoms with Crippen molar-refractivity contribution in [2.75, 3.05) is 0 Å². The lowest BCUT2D eigenvalue weighted by Crippen LogP contribution is -2.19. The molecule has 0 amide bonds. The van der Waals surface area contributed by atoms with E-state index in [1.807, 2.05) is 0 Å². The van der Waals surface area contributed by atoms with Gasteiger partial charge in [0.15, 0.2) is 0 Å². The highest BCUT2D eigenvalue weighted by Crippen LogP contribution is 2.35. The van der Waals surface area contributed by atoms with Crippen LogP contribution in [0.15, 0.2) is 6.20 Å². The molecule has 0 atom stereocenters. The molecule has 1 aromatic rings. The van der Waals surface area contributed by atoms with Crippen molar-refractivity contribution >= 4 is 39.9 Å². The molecule has 10 heteroatoms. The summed E-state index contributed by atoms with van der Waals surface area (Å²) >= 11 is 7.14. The van der Waals surface area contributed by atoms with Gasteiger partial charge in [-0.2, -0.15) is 0 Å². The van der Waals surface area contributed by atoms with Crippen molar-refractivity contribution in [3.05, 3.63) is 25.4 Å². The fourth-order valence-corrected chi connectivity index (χ4v) is 2.08. The second-order valence-corrected chi connectivity index (χ2v) is 4.11. The third-order valence-electron chi connectivity index (χ3n) is 1.60. The Hall–Kier alpha value is -0.840. The van der Waals surface area contributed by atoms with Gasteiger partial charge in [-0.15, -0.1) is 24.8 Å². The Kier molecular flexibility index (Phi) is 4.36. The Morgan fingerprint density at radius 3 is 2.59 bits per heavy atom. The van der Waals surface area contributed by atoms with E-state index in [-0.39, 0.29) is 11.4 Å². The molecule has 0 unspecified atom stereocenters. The van der Waals surface area contributed by atoms with Crippen molar-refractivity contribution in [1.82, 2.24) is 4.98 Å². The molecular weight excluding hydrogens is 379 g/mol. The van der Waals surface area contributed by atoms with Crippen molar-refractivity contribution in [2.45, 2.75) is 12.2 Å². The summed E-state index contributed by atoms with van der Waals surface area (Å²) in [6.07, 6.45) is -4.03. The number of hydrogen-bond acceptors (Lipinski definition) is 4. The zero-order valence-corrected chi connectivity index (χ0v) is 10.7. The van der Waals surface area contributed by atoms with Gasteiger partial charge in [-0.1, -0.05) is 0 Å². The second kappa shape index (κ2) is 5.21. The monoisotopic (exact) mass is 382 g/mol. The molecule has 0 aliphatic carbocycles. The Morgan fingerprint density at radius 1 is 1.59 bits per heavy atom. The lowest BCUT2D eigenvalue weighted by atomic mass is 10.2. The Morgan fingerprint density at radius 2 is 2.18 bits per heavy atom. The van der Waals surface area contributed by atoms with E-state index in [0.717, 1.165) is 6.20 Å². The van der Waals surface area contributed by atoms with Crippen LogP contribution in [0.1, 0.15) is 5.56 Å². The first-order valence-electron chi connectivity index (χ1n) is 3.89. The molecule has 0 aliphatic heterocycles. The predicted molar refractivity (Wildman–Crippen MR) is 59.8 cm³/mol. The summed E-state index contributed by atoms with van der Waals surface area (Å²) in [6.45, 7) is 0. The third-order valence-corrected chi connectivity index (χ3v) is 2.80. The molecule has 0 saturated heterocycles. The van der Waals surface area contributed by atoms with Crippen molar-refractivity contribution in [3.8, 4) is 5.88 Å². The maximum atomic E-state index is 12.0. The smallest absolute Gasteiger partial charge is 0.381 e. The number of hydrogen-bond donors (Lipinski definition) is 0.